The van der Waals surface area contributed by atoms with Crippen molar-refractivity contribution in [3.63, 3.8) is 0 Å². The number of hydrogen-bond acceptors (Lipinski definition) is 2. The molecule has 1 saturated carbocycles. The summed E-state index contributed by atoms with van der Waals surface area (Å²) in [6.45, 7) is 0. The predicted molar refractivity (Wildman–Crippen MR) is 61.6 cm³/mol. The molecular weight excluding hydrogens is 188 g/mol. The van der Waals surface area contributed by atoms with E-state index in [1.165, 1.54) is 58.1 Å². The Morgan fingerprint density at radius 2 is 2.07 bits per heavy atom. The average Bonchev–Trinajstić information content (AvgIpc) is 2.29. The summed E-state index contributed by atoms with van der Waals surface area (Å²) in [4.78, 5) is 10.8. The Kier molecular flexibility index (Phi) is 6.14. The fourth-order valence-corrected chi connectivity index (χ4v) is 2.25. The molecule has 1 aliphatic carbocycles. The molecule has 0 atom stereocenters. The van der Waals surface area contributed by atoms with Gasteiger partial charge in [0.2, 0.25) is 0 Å². The molecule has 1 aliphatic rings. The second kappa shape index (κ2) is 7.49. The fraction of sp³-hybridized carbons (Fsp3) is 0.769. The van der Waals surface area contributed by atoms with Gasteiger partial charge in [-0.3, -0.25) is 0 Å². The van der Waals surface area contributed by atoms with E-state index in [1.54, 1.807) is 0 Å². The molecule has 0 amide bonds. The zero-order chi connectivity index (χ0) is 10.9. The lowest BCUT2D eigenvalue weighted by Gasteiger charge is -2.20. The van der Waals surface area contributed by atoms with Gasteiger partial charge in [-0.1, -0.05) is 44.6 Å². The van der Waals surface area contributed by atoms with Crippen LogP contribution >= 0.6 is 0 Å². The van der Waals surface area contributed by atoms with Gasteiger partial charge in [0.05, 0.1) is 7.11 Å². The minimum atomic E-state index is -0.243. The molecule has 0 heterocycles. The summed E-state index contributed by atoms with van der Waals surface area (Å²) in [6, 6.07) is 0. The number of unbranched alkanes of at least 4 members (excludes halogenated alkanes) is 1. The molecule has 15 heavy (non-hydrogen) atoms. The molecule has 1 rings (SSSR count). The Bertz CT molecular complexity index is 203. The number of hydrogen-bond donors (Lipinski definition) is 0. The third-order valence-corrected chi connectivity index (χ3v) is 3.16. The first-order valence-electron chi connectivity index (χ1n) is 6.07. The van der Waals surface area contributed by atoms with E-state index >= 15 is 0 Å². The highest BCUT2D eigenvalue weighted by Crippen LogP contribution is 2.27. The lowest BCUT2D eigenvalue weighted by molar-refractivity contribution is -0.134. The van der Waals surface area contributed by atoms with Gasteiger partial charge in [-0.25, -0.2) is 4.79 Å². The van der Waals surface area contributed by atoms with E-state index in [0.29, 0.717) is 0 Å². The maximum atomic E-state index is 10.8. The number of rotatable bonds is 5. The van der Waals surface area contributed by atoms with Crippen LogP contribution in [0.3, 0.4) is 0 Å². The van der Waals surface area contributed by atoms with E-state index < -0.39 is 0 Å². The van der Waals surface area contributed by atoms with Crippen LogP contribution in [0.15, 0.2) is 12.2 Å². The number of esters is 1. The predicted octanol–water partition coefficient (Wildman–Crippen LogP) is 3.47. The van der Waals surface area contributed by atoms with Crippen molar-refractivity contribution < 1.29 is 9.53 Å². The van der Waals surface area contributed by atoms with E-state index in [0.717, 1.165) is 12.3 Å². The van der Waals surface area contributed by atoms with Crippen molar-refractivity contribution in [2.45, 2.75) is 51.4 Å². The van der Waals surface area contributed by atoms with E-state index in [4.69, 9.17) is 0 Å². The van der Waals surface area contributed by atoms with E-state index in [9.17, 15) is 4.79 Å². The van der Waals surface area contributed by atoms with Gasteiger partial charge < -0.3 is 4.74 Å². The smallest absolute Gasteiger partial charge is 0.330 e. The Labute approximate surface area is 92.7 Å². The van der Waals surface area contributed by atoms with Gasteiger partial charge in [-0.05, 0) is 18.8 Å². The van der Waals surface area contributed by atoms with Gasteiger partial charge in [-0.15, -0.1) is 0 Å². The SMILES string of the molecule is COC(=O)C=CCCCC1CCCCC1. The van der Waals surface area contributed by atoms with Gasteiger partial charge >= 0.3 is 5.97 Å². The standard InChI is InChI=1S/C13H22O2/c1-15-13(14)11-7-3-6-10-12-8-4-2-5-9-12/h7,11-12H,2-6,8-10H2,1H3. The molecule has 0 spiro atoms. The number of ether oxygens (including phenoxy) is 1. The van der Waals surface area contributed by atoms with Crippen molar-refractivity contribution in [1.82, 2.24) is 0 Å². The molecule has 0 aliphatic heterocycles. The van der Waals surface area contributed by atoms with Crippen LogP contribution in [0.4, 0.5) is 0 Å². The van der Waals surface area contributed by atoms with Crippen molar-refractivity contribution >= 4 is 5.97 Å². The summed E-state index contributed by atoms with van der Waals surface area (Å²) in [7, 11) is 1.41. The normalized spacial score (nSPS) is 18.2. The summed E-state index contributed by atoms with van der Waals surface area (Å²) < 4.78 is 4.52. The Balaban J connectivity index is 2.00. The van der Waals surface area contributed by atoms with Crippen molar-refractivity contribution in [3.05, 3.63) is 12.2 Å². The van der Waals surface area contributed by atoms with E-state index in [1.807, 2.05) is 6.08 Å². The molecule has 2 heteroatoms. The molecule has 0 bridgehead atoms. The fourth-order valence-electron chi connectivity index (χ4n) is 2.25. The van der Waals surface area contributed by atoms with Crippen LogP contribution in [0.1, 0.15) is 51.4 Å². The van der Waals surface area contributed by atoms with Crippen molar-refractivity contribution in [1.29, 1.82) is 0 Å². The van der Waals surface area contributed by atoms with Crippen molar-refractivity contribution in [3.8, 4) is 0 Å². The maximum Gasteiger partial charge on any atom is 0.330 e. The van der Waals surface area contributed by atoms with Gasteiger partial charge in [0.15, 0.2) is 0 Å². The number of methoxy groups -OCH3 is 1. The van der Waals surface area contributed by atoms with E-state index in [-0.39, 0.29) is 5.97 Å². The first-order valence-corrected chi connectivity index (χ1v) is 6.07. The van der Waals surface area contributed by atoms with Crippen molar-refractivity contribution in [2.24, 2.45) is 5.92 Å². The summed E-state index contributed by atoms with van der Waals surface area (Å²) in [5, 5.41) is 0. The third kappa shape index (κ3) is 5.60. The Morgan fingerprint density at radius 1 is 1.33 bits per heavy atom. The lowest BCUT2D eigenvalue weighted by atomic mass is 9.86. The molecule has 0 saturated heterocycles. The van der Waals surface area contributed by atoms with Crippen LogP contribution in [0.2, 0.25) is 0 Å². The molecule has 0 aromatic heterocycles. The quantitative estimate of drug-likeness (QED) is 0.394. The second-order valence-corrected chi connectivity index (χ2v) is 4.36. The van der Waals surface area contributed by atoms with Crippen LogP contribution in [-0.2, 0) is 9.53 Å². The highest BCUT2D eigenvalue weighted by molar-refractivity contribution is 5.81. The molecule has 0 aromatic carbocycles. The Hall–Kier alpha value is -0.790. The first kappa shape index (κ1) is 12.3. The van der Waals surface area contributed by atoms with Crippen LogP contribution in [0, 0.1) is 5.92 Å². The second-order valence-electron chi connectivity index (χ2n) is 4.36. The van der Waals surface area contributed by atoms with E-state index in [2.05, 4.69) is 4.74 Å². The molecule has 0 unspecified atom stereocenters. The molecule has 86 valence electrons. The molecule has 0 aromatic rings. The minimum Gasteiger partial charge on any atom is -0.466 e. The highest BCUT2D eigenvalue weighted by Gasteiger charge is 2.11. The van der Waals surface area contributed by atoms with Crippen LogP contribution < -0.4 is 0 Å². The summed E-state index contributed by atoms with van der Waals surface area (Å²) in [5.41, 5.74) is 0. The summed E-state index contributed by atoms with van der Waals surface area (Å²) >= 11 is 0. The Morgan fingerprint density at radius 3 is 2.73 bits per heavy atom. The maximum absolute atomic E-state index is 10.8. The number of carbonyl (C=O) groups is 1. The lowest BCUT2D eigenvalue weighted by Crippen LogP contribution is -2.05. The monoisotopic (exact) mass is 210 g/mol. The van der Waals surface area contributed by atoms with Crippen LogP contribution in [-0.4, -0.2) is 13.1 Å². The zero-order valence-corrected chi connectivity index (χ0v) is 9.71. The highest BCUT2D eigenvalue weighted by atomic mass is 16.5. The number of allylic oxidation sites excluding steroid dienone is 1. The average molecular weight is 210 g/mol. The molecule has 0 N–H and O–H groups in total. The van der Waals surface area contributed by atoms with Gasteiger partial charge in [0.25, 0.3) is 0 Å². The molecular formula is C13H22O2. The first-order chi connectivity index (χ1) is 7.33. The topological polar surface area (TPSA) is 26.3 Å². The summed E-state index contributed by atoms with van der Waals surface area (Å²) in [5.74, 6) is 0.706. The van der Waals surface area contributed by atoms with Gasteiger partial charge in [0, 0.05) is 6.08 Å². The van der Waals surface area contributed by atoms with Crippen LogP contribution in [0.25, 0.3) is 0 Å². The molecule has 1 fully saturated rings. The van der Waals surface area contributed by atoms with Crippen molar-refractivity contribution in [2.75, 3.05) is 7.11 Å². The minimum absolute atomic E-state index is 0.243. The van der Waals surface area contributed by atoms with Gasteiger partial charge in [-0.2, -0.15) is 0 Å². The largest absolute Gasteiger partial charge is 0.466 e. The third-order valence-electron chi connectivity index (χ3n) is 3.16. The molecule has 2 nitrogen and oxygen atoms in total. The van der Waals surface area contributed by atoms with Gasteiger partial charge in [0.1, 0.15) is 0 Å². The van der Waals surface area contributed by atoms with Crippen LogP contribution in [0.5, 0.6) is 0 Å². The summed E-state index contributed by atoms with van der Waals surface area (Å²) in [6.07, 6.45) is 14.1. The zero-order valence-electron chi connectivity index (χ0n) is 9.71. The molecule has 0 radical (unpaired) electrons. The number of carbonyl (C=O) groups excluding carboxylic acids is 1.